The lowest BCUT2D eigenvalue weighted by Gasteiger charge is -2.21. The van der Waals surface area contributed by atoms with Crippen molar-refractivity contribution in [2.45, 2.75) is 31.9 Å². The highest BCUT2D eigenvalue weighted by Gasteiger charge is 2.17. The third-order valence-corrected chi connectivity index (χ3v) is 2.37. The SMILES string of the molecule is CCSC(C)(C)CC(=N)N. The maximum Gasteiger partial charge on any atom is 0.0919 e. The van der Waals surface area contributed by atoms with Crippen LogP contribution in [0.4, 0.5) is 0 Å². The molecule has 0 aliphatic rings. The van der Waals surface area contributed by atoms with Gasteiger partial charge in [-0.25, -0.2) is 0 Å². The lowest BCUT2D eigenvalue weighted by Crippen LogP contribution is -2.24. The molecule has 0 fully saturated rings. The maximum atomic E-state index is 7.09. The molecule has 0 saturated heterocycles. The number of rotatable bonds is 4. The van der Waals surface area contributed by atoms with Gasteiger partial charge in [0.2, 0.25) is 0 Å². The molecule has 3 heteroatoms. The molecule has 0 aliphatic carbocycles. The second kappa shape index (κ2) is 3.86. The van der Waals surface area contributed by atoms with E-state index in [1.807, 2.05) is 11.8 Å². The standard InChI is InChI=1S/C7H16N2S/c1-4-10-7(2,3)5-6(8)9/h4-5H2,1-3H3,(H3,8,9). The van der Waals surface area contributed by atoms with E-state index in [2.05, 4.69) is 20.8 Å². The quantitative estimate of drug-likeness (QED) is 0.487. The molecule has 0 aromatic carbocycles. The van der Waals surface area contributed by atoms with Gasteiger partial charge in [-0.2, -0.15) is 11.8 Å². The first kappa shape index (κ1) is 9.82. The topological polar surface area (TPSA) is 49.9 Å². The first-order valence-corrected chi connectivity index (χ1v) is 4.43. The number of hydrogen-bond acceptors (Lipinski definition) is 2. The molecule has 0 bridgehead atoms. The molecule has 0 radical (unpaired) electrons. The second-order valence-electron chi connectivity index (χ2n) is 2.89. The van der Waals surface area contributed by atoms with Gasteiger partial charge in [0.05, 0.1) is 5.84 Å². The van der Waals surface area contributed by atoms with Gasteiger partial charge in [-0.3, -0.25) is 5.41 Å². The van der Waals surface area contributed by atoms with Gasteiger partial charge in [0, 0.05) is 11.2 Å². The van der Waals surface area contributed by atoms with Crippen LogP contribution in [-0.2, 0) is 0 Å². The summed E-state index contributed by atoms with van der Waals surface area (Å²) in [5, 5.41) is 7.09. The van der Waals surface area contributed by atoms with Crippen molar-refractivity contribution in [3.63, 3.8) is 0 Å². The van der Waals surface area contributed by atoms with E-state index >= 15 is 0 Å². The van der Waals surface area contributed by atoms with Gasteiger partial charge in [-0.05, 0) is 5.75 Å². The van der Waals surface area contributed by atoms with Crippen LogP contribution in [0.15, 0.2) is 0 Å². The Labute approximate surface area is 67.1 Å². The van der Waals surface area contributed by atoms with E-state index in [-0.39, 0.29) is 10.6 Å². The molecule has 0 saturated carbocycles. The van der Waals surface area contributed by atoms with E-state index in [0.717, 1.165) is 5.75 Å². The van der Waals surface area contributed by atoms with E-state index in [9.17, 15) is 0 Å². The van der Waals surface area contributed by atoms with Crippen molar-refractivity contribution in [1.29, 1.82) is 5.41 Å². The van der Waals surface area contributed by atoms with Crippen molar-refractivity contribution in [2.75, 3.05) is 5.75 Å². The molecule has 3 N–H and O–H groups in total. The molecular weight excluding hydrogens is 144 g/mol. The fraction of sp³-hybridized carbons (Fsp3) is 0.857. The predicted molar refractivity (Wildman–Crippen MR) is 48.7 cm³/mol. The van der Waals surface area contributed by atoms with Crippen LogP contribution in [0.3, 0.4) is 0 Å². The minimum absolute atomic E-state index is 0.139. The monoisotopic (exact) mass is 160 g/mol. The summed E-state index contributed by atoms with van der Waals surface area (Å²) in [7, 11) is 0. The lowest BCUT2D eigenvalue weighted by atomic mass is 10.1. The van der Waals surface area contributed by atoms with Gasteiger partial charge in [-0.1, -0.05) is 20.8 Å². The van der Waals surface area contributed by atoms with Crippen LogP contribution < -0.4 is 5.73 Å². The molecule has 0 aromatic heterocycles. The van der Waals surface area contributed by atoms with E-state index in [0.29, 0.717) is 6.42 Å². The van der Waals surface area contributed by atoms with Gasteiger partial charge in [0.1, 0.15) is 0 Å². The third-order valence-electron chi connectivity index (χ3n) is 1.15. The Morgan fingerprint density at radius 1 is 1.60 bits per heavy atom. The van der Waals surface area contributed by atoms with Crippen molar-refractivity contribution in [1.82, 2.24) is 0 Å². The summed E-state index contributed by atoms with van der Waals surface area (Å²) in [6.07, 6.45) is 0.686. The highest BCUT2D eigenvalue weighted by Crippen LogP contribution is 2.26. The summed E-state index contributed by atoms with van der Waals surface area (Å²) in [6.45, 7) is 6.34. The Balaban J connectivity index is 3.74. The number of thioether (sulfide) groups is 1. The largest absolute Gasteiger partial charge is 0.388 e. The highest BCUT2D eigenvalue weighted by molar-refractivity contribution is 8.00. The Bertz CT molecular complexity index is 121. The van der Waals surface area contributed by atoms with Gasteiger partial charge >= 0.3 is 0 Å². The number of amidine groups is 1. The molecule has 2 nitrogen and oxygen atoms in total. The molecule has 0 rings (SSSR count). The molecule has 0 spiro atoms. The minimum Gasteiger partial charge on any atom is -0.388 e. The first-order chi connectivity index (χ1) is 4.48. The van der Waals surface area contributed by atoms with Crippen molar-refractivity contribution < 1.29 is 0 Å². The van der Waals surface area contributed by atoms with Crippen molar-refractivity contribution in [3.05, 3.63) is 0 Å². The lowest BCUT2D eigenvalue weighted by molar-refractivity contribution is 0.742. The second-order valence-corrected chi connectivity index (χ2v) is 4.87. The fourth-order valence-corrected chi connectivity index (χ4v) is 1.94. The zero-order valence-corrected chi connectivity index (χ0v) is 7.72. The number of nitrogens with one attached hydrogen (secondary N) is 1. The Kier molecular flexibility index (Phi) is 3.79. The van der Waals surface area contributed by atoms with Gasteiger partial charge < -0.3 is 5.73 Å². The van der Waals surface area contributed by atoms with Crippen LogP contribution in [0.1, 0.15) is 27.2 Å². The van der Waals surface area contributed by atoms with Gasteiger partial charge in [0.15, 0.2) is 0 Å². The molecule has 60 valence electrons. The normalized spacial score (nSPS) is 11.5. The number of nitrogens with two attached hydrogens (primary N) is 1. The third kappa shape index (κ3) is 4.68. The molecule has 0 aromatic rings. The molecule has 10 heavy (non-hydrogen) atoms. The van der Waals surface area contributed by atoms with E-state index < -0.39 is 0 Å². The number of hydrogen-bond donors (Lipinski definition) is 2. The molecule has 0 amide bonds. The van der Waals surface area contributed by atoms with Gasteiger partial charge in [-0.15, -0.1) is 0 Å². The molecule has 0 atom stereocenters. The highest BCUT2D eigenvalue weighted by atomic mass is 32.2. The summed E-state index contributed by atoms with van der Waals surface area (Å²) in [5.74, 6) is 1.37. The van der Waals surface area contributed by atoms with E-state index in [4.69, 9.17) is 11.1 Å². The molecular formula is C7H16N2S. The molecule has 0 unspecified atom stereocenters. The van der Waals surface area contributed by atoms with Crippen molar-refractivity contribution in [3.8, 4) is 0 Å². The zero-order chi connectivity index (χ0) is 8.20. The summed E-state index contributed by atoms with van der Waals surface area (Å²) >= 11 is 1.84. The first-order valence-electron chi connectivity index (χ1n) is 3.45. The van der Waals surface area contributed by atoms with Crippen LogP contribution in [0.2, 0.25) is 0 Å². The fourth-order valence-electron chi connectivity index (χ4n) is 0.900. The van der Waals surface area contributed by atoms with Crippen LogP contribution in [0, 0.1) is 5.41 Å². The average molecular weight is 160 g/mol. The Hall–Kier alpha value is -0.180. The summed E-state index contributed by atoms with van der Waals surface area (Å²) in [6, 6.07) is 0. The molecule has 0 heterocycles. The smallest absolute Gasteiger partial charge is 0.0919 e. The summed E-state index contributed by atoms with van der Waals surface area (Å²) < 4.78 is 0.139. The van der Waals surface area contributed by atoms with Crippen LogP contribution in [0.25, 0.3) is 0 Å². The van der Waals surface area contributed by atoms with Crippen molar-refractivity contribution in [2.24, 2.45) is 5.73 Å². The van der Waals surface area contributed by atoms with Gasteiger partial charge in [0.25, 0.3) is 0 Å². The van der Waals surface area contributed by atoms with E-state index in [1.54, 1.807) is 0 Å². The average Bonchev–Trinajstić information content (AvgIpc) is 1.59. The summed E-state index contributed by atoms with van der Waals surface area (Å²) in [5.41, 5.74) is 5.28. The maximum absolute atomic E-state index is 7.09. The van der Waals surface area contributed by atoms with Crippen LogP contribution in [0.5, 0.6) is 0 Å². The Morgan fingerprint density at radius 3 is 2.40 bits per heavy atom. The van der Waals surface area contributed by atoms with Crippen molar-refractivity contribution >= 4 is 17.6 Å². The Morgan fingerprint density at radius 2 is 2.10 bits per heavy atom. The summed E-state index contributed by atoms with van der Waals surface area (Å²) in [4.78, 5) is 0. The van der Waals surface area contributed by atoms with Crippen LogP contribution >= 0.6 is 11.8 Å². The predicted octanol–water partition coefficient (Wildman–Crippen LogP) is 1.84. The van der Waals surface area contributed by atoms with Crippen LogP contribution in [-0.4, -0.2) is 16.3 Å². The zero-order valence-electron chi connectivity index (χ0n) is 6.90. The minimum atomic E-state index is 0.139. The molecule has 0 aliphatic heterocycles. The van der Waals surface area contributed by atoms with E-state index in [1.165, 1.54) is 0 Å².